The summed E-state index contributed by atoms with van der Waals surface area (Å²) in [6.45, 7) is 9.73. The molecule has 1 aromatic carbocycles. The summed E-state index contributed by atoms with van der Waals surface area (Å²) < 4.78 is 36.0. The highest BCUT2D eigenvalue weighted by Crippen LogP contribution is 2.39. The fraction of sp³-hybridized carbons (Fsp3) is 0.500. The molecule has 1 heterocycles. The van der Waals surface area contributed by atoms with Gasteiger partial charge in [-0.15, -0.1) is 0 Å². The summed E-state index contributed by atoms with van der Waals surface area (Å²) in [7, 11) is 2.56. The molecule has 1 aromatic heterocycles. The average molecular weight is 458 g/mol. The van der Waals surface area contributed by atoms with E-state index < -0.39 is 34.5 Å². The standard InChI is InChI=1S/C20H25ClFN3O6/c1-19(2,3)30-17(26)25(18(27)31-20(4,5)6)15-10-9-11(28-7)14(29-8)12(22)13(10)23-16(21)24-15/h9H,1-8H3. The molecule has 0 aliphatic rings. The topological polar surface area (TPSA) is 100 Å². The van der Waals surface area contributed by atoms with Gasteiger partial charge >= 0.3 is 12.2 Å². The van der Waals surface area contributed by atoms with E-state index in [9.17, 15) is 9.59 Å². The number of hydrogen-bond acceptors (Lipinski definition) is 8. The molecule has 0 bridgehead atoms. The van der Waals surface area contributed by atoms with Crippen molar-refractivity contribution in [2.45, 2.75) is 52.7 Å². The van der Waals surface area contributed by atoms with E-state index in [-0.39, 0.29) is 28.2 Å². The second-order valence-corrected chi connectivity index (χ2v) is 8.77. The van der Waals surface area contributed by atoms with E-state index in [1.54, 1.807) is 41.5 Å². The first-order valence-electron chi connectivity index (χ1n) is 9.22. The van der Waals surface area contributed by atoms with Crippen LogP contribution in [0.2, 0.25) is 5.28 Å². The number of anilines is 1. The number of nitrogens with zero attached hydrogens (tertiary/aromatic N) is 3. The van der Waals surface area contributed by atoms with E-state index in [2.05, 4.69) is 9.97 Å². The van der Waals surface area contributed by atoms with E-state index in [1.165, 1.54) is 20.3 Å². The van der Waals surface area contributed by atoms with Crippen molar-refractivity contribution in [2.24, 2.45) is 0 Å². The highest BCUT2D eigenvalue weighted by Gasteiger charge is 2.36. The van der Waals surface area contributed by atoms with Gasteiger partial charge in [-0.25, -0.2) is 19.0 Å². The lowest BCUT2D eigenvalue weighted by molar-refractivity contribution is 0.0429. The van der Waals surface area contributed by atoms with Crippen LogP contribution >= 0.6 is 11.6 Å². The fourth-order valence-corrected chi connectivity index (χ4v) is 2.68. The molecule has 0 fully saturated rings. The number of aromatic nitrogens is 2. The van der Waals surface area contributed by atoms with Gasteiger partial charge in [0.1, 0.15) is 16.7 Å². The van der Waals surface area contributed by atoms with Gasteiger partial charge in [0.25, 0.3) is 0 Å². The van der Waals surface area contributed by atoms with Crippen LogP contribution < -0.4 is 14.4 Å². The van der Waals surface area contributed by atoms with Crippen LogP contribution in [0.1, 0.15) is 41.5 Å². The molecule has 0 aliphatic heterocycles. The molecule has 2 aromatic rings. The Morgan fingerprint density at radius 3 is 1.90 bits per heavy atom. The maximum atomic E-state index is 15.1. The minimum Gasteiger partial charge on any atom is -0.493 e. The van der Waals surface area contributed by atoms with Crippen LogP contribution in [0.5, 0.6) is 11.5 Å². The number of imide groups is 1. The van der Waals surface area contributed by atoms with Crippen LogP contribution in [0.25, 0.3) is 10.9 Å². The number of halogens is 2. The van der Waals surface area contributed by atoms with Gasteiger partial charge in [-0.1, -0.05) is 0 Å². The Labute approximate surface area is 184 Å². The number of ether oxygens (including phenoxy) is 4. The number of benzene rings is 1. The fourth-order valence-electron chi connectivity index (χ4n) is 2.52. The predicted octanol–water partition coefficient (Wildman–Crippen LogP) is 5.12. The number of carbonyl (C=O) groups is 2. The molecule has 31 heavy (non-hydrogen) atoms. The minimum absolute atomic E-state index is 0.00648. The first-order chi connectivity index (χ1) is 14.2. The van der Waals surface area contributed by atoms with Gasteiger partial charge < -0.3 is 18.9 Å². The maximum Gasteiger partial charge on any atom is 0.425 e. The van der Waals surface area contributed by atoms with Gasteiger partial charge in [0.05, 0.1) is 19.6 Å². The van der Waals surface area contributed by atoms with Crippen LogP contribution in [-0.2, 0) is 9.47 Å². The third-order valence-corrected chi connectivity index (χ3v) is 3.76. The molecular weight excluding hydrogens is 433 g/mol. The first kappa shape index (κ1) is 24.4. The highest BCUT2D eigenvalue weighted by atomic mass is 35.5. The minimum atomic E-state index is -1.09. The van der Waals surface area contributed by atoms with Crippen molar-refractivity contribution in [2.75, 3.05) is 19.1 Å². The lowest BCUT2D eigenvalue weighted by Crippen LogP contribution is -2.44. The van der Waals surface area contributed by atoms with Crippen molar-refractivity contribution in [3.63, 3.8) is 0 Å². The van der Waals surface area contributed by atoms with E-state index in [4.69, 9.17) is 30.5 Å². The molecule has 0 unspecified atom stereocenters. The normalized spacial score (nSPS) is 11.8. The second kappa shape index (κ2) is 8.70. The second-order valence-electron chi connectivity index (χ2n) is 8.43. The highest BCUT2D eigenvalue weighted by molar-refractivity contribution is 6.29. The van der Waals surface area contributed by atoms with Crippen molar-refractivity contribution in [3.05, 3.63) is 17.2 Å². The zero-order valence-corrected chi connectivity index (χ0v) is 19.4. The Balaban J connectivity index is 2.83. The van der Waals surface area contributed by atoms with E-state index in [0.29, 0.717) is 4.90 Å². The smallest absolute Gasteiger partial charge is 0.425 e. The number of amides is 2. The molecule has 0 atom stereocenters. The SMILES string of the molecule is COc1cc2c(N(C(=O)OC(C)(C)C)C(=O)OC(C)(C)C)nc(Cl)nc2c(F)c1OC. The molecule has 0 spiro atoms. The molecule has 170 valence electrons. The van der Waals surface area contributed by atoms with Crippen molar-refractivity contribution in [1.82, 2.24) is 9.97 Å². The van der Waals surface area contributed by atoms with Gasteiger partial charge in [-0.2, -0.15) is 9.88 Å². The Morgan fingerprint density at radius 1 is 0.968 bits per heavy atom. The summed E-state index contributed by atoms with van der Waals surface area (Å²) >= 11 is 5.99. The molecule has 0 N–H and O–H groups in total. The Bertz CT molecular complexity index is 989. The summed E-state index contributed by atoms with van der Waals surface area (Å²) in [6, 6.07) is 1.32. The molecule has 11 heteroatoms. The quantitative estimate of drug-likeness (QED) is 0.585. The molecule has 0 radical (unpaired) electrons. The number of rotatable bonds is 3. The number of fused-ring (bicyclic) bond motifs is 1. The molecule has 0 aliphatic carbocycles. The molecule has 9 nitrogen and oxygen atoms in total. The van der Waals surface area contributed by atoms with Crippen LogP contribution in [0.15, 0.2) is 6.07 Å². The van der Waals surface area contributed by atoms with Crippen LogP contribution in [0.4, 0.5) is 19.8 Å². The third kappa shape index (κ3) is 5.63. The number of carbonyl (C=O) groups excluding carboxylic acids is 2. The summed E-state index contributed by atoms with van der Waals surface area (Å²) in [6.07, 6.45) is -2.18. The van der Waals surface area contributed by atoms with Crippen LogP contribution in [0.3, 0.4) is 0 Å². The zero-order valence-electron chi connectivity index (χ0n) is 18.6. The predicted molar refractivity (Wildman–Crippen MR) is 113 cm³/mol. The van der Waals surface area contributed by atoms with Crippen molar-refractivity contribution in [3.8, 4) is 11.5 Å². The molecular formula is C20H25ClFN3O6. The van der Waals surface area contributed by atoms with Gasteiger partial charge in [-0.05, 0) is 59.2 Å². The Kier molecular flexibility index (Phi) is 6.84. The Hall–Kier alpha value is -2.88. The van der Waals surface area contributed by atoms with Gasteiger partial charge in [0, 0.05) is 0 Å². The van der Waals surface area contributed by atoms with E-state index in [0.717, 1.165) is 0 Å². The van der Waals surface area contributed by atoms with E-state index >= 15 is 4.39 Å². The monoisotopic (exact) mass is 457 g/mol. The summed E-state index contributed by atoms with van der Waals surface area (Å²) in [5.74, 6) is -1.47. The lowest BCUT2D eigenvalue weighted by Gasteiger charge is -2.28. The number of hydrogen-bond donors (Lipinski definition) is 0. The molecule has 2 amide bonds. The molecule has 0 saturated heterocycles. The summed E-state index contributed by atoms with van der Waals surface area (Å²) in [5.41, 5.74) is -2.18. The maximum absolute atomic E-state index is 15.1. The lowest BCUT2D eigenvalue weighted by atomic mass is 10.2. The van der Waals surface area contributed by atoms with Crippen molar-refractivity contribution in [1.29, 1.82) is 0 Å². The van der Waals surface area contributed by atoms with Gasteiger partial charge in [0.15, 0.2) is 23.1 Å². The largest absolute Gasteiger partial charge is 0.493 e. The number of methoxy groups -OCH3 is 2. The van der Waals surface area contributed by atoms with Crippen molar-refractivity contribution >= 4 is 40.5 Å². The van der Waals surface area contributed by atoms with E-state index in [1.807, 2.05) is 0 Å². The molecule has 2 rings (SSSR count). The van der Waals surface area contributed by atoms with Crippen LogP contribution in [-0.4, -0.2) is 47.6 Å². The first-order valence-corrected chi connectivity index (χ1v) is 9.60. The van der Waals surface area contributed by atoms with Gasteiger partial charge in [-0.3, -0.25) is 0 Å². The average Bonchev–Trinajstić information content (AvgIpc) is 2.59. The van der Waals surface area contributed by atoms with Crippen LogP contribution in [0, 0.1) is 5.82 Å². The van der Waals surface area contributed by atoms with Gasteiger partial charge in [0.2, 0.25) is 5.28 Å². The molecule has 0 saturated carbocycles. The van der Waals surface area contributed by atoms with Crippen molar-refractivity contribution < 1.29 is 32.9 Å². The zero-order chi connectivity index (χ0) is 23.7. The third-order valence-electron chi connectivity index (χ3n) is 3.59. The summed E-state index contributed by atoms with van der Waals surface area (Å²) in [4.78, 5) is 34.3. The summed E-state index contributed by atoms with van der Waals surface area (Å²) in [5, 5.41) is -0.456. The Morgan fingerprint density at radius 2 is 1.48 bits per heavy atom.